The molecule has 1 atom stereocenters. The summed E-state index contributed by atoms with van der Waals surface area (Å²) in [6.07, 6.45) is 2.24. The smallest absolute Gasteiger partial charge is 0.342 e. The maximum Gasteiger partial charge on any atom is 0.342 e. The molecule has 0 aliphatic rings. The van der Waals surface area contributed by atoms with Gasteiger partial charge in [0.25, 0.3) is 5.91 Å². The summed E-state index contributed by atoms with van der Waals surface area (Å²) in [5.74, 6) is -0.336. The zero-order valence-electron chi connectivity index (χ0n) is 17.0. The first-order valence-electron chi connectivity index (χ1n) is 9.71. The van der Waals surface area contributed by atoms with Gasteiger partial charge in [-0.3, -0.25) is 9.78 Å². The van der Waals surface area contributed by atoms with Crippen LogP contribution in [0.5, 0.6) is 11.5 Å². The van der Waals surface area contributed by atoms with Crippen molar-refractivity contribution in [1.29, 1.82) is 5.26 Å². The van der Waals surface area contributed by atoms with Crippen molar-refractivity contribution in [2.24, 2.45) is 0 Å². The van der Waals surface area contributed by atoms with E-state index in [0.717, 1.165) is 0 Å². The highest BCUT2D eigenvalue weighted by atomic mass is 16.5. The number of esters is 1. The molecule has 1 heterocycles. The van der Waals surface area contributed by atoms with Gasteiger partial charge in [-0.25, -0.2) is 4.79 Å². The molecular weight excluding hydrogens is 394 g/mol. The van der Waals surface area contributed by atoms with Gasteiger partial charge in [0.1, 0.15) is 17.1 Å². The summed E-state index contributed by atoms with van der Waals surface area (Å²) in [4.78, 5) is 31.2. The van der Waals surface area contributed by atoms with Gasteiger partial charge in [-0.05, 0) is 43.3 Å². The normalized spacial score (nSPS) is 11.1. The van der Waals surface area contributed by atoms with E-state index in [2.05, 4.69) is 4.98 Å². The number of benzene rings is 2. The molecule has 0 radical (unpaired) electrons. The molecule has 0 aliphatic heterocycles. The Kier molecular flexibility index (Phi) is 7.33. The molecule has 1 amide bonds. The maximum absolute atomic E-state index is 13.0. The molecule has 0 saturated heterocycles. The highest BCUT2D eigenvalue weighted by Crippen LogP contribution is 2.26. The van der Waals surface area contributed by atoms with Gasteiger partial charge < -0.3 is 14.4 Å². The van der Waals surface area contributed by atoms with E-state index in [-0.39, 0.29) is 18.5 Å². The van der Waals surface area contributed by atoms with Crippen molar-refractivity contribution in [3.8, 4) is 17.6 Å². The van der Waals surface area contributed by atoms with Gasteiger partial charge in [0.05, 0.1) is 18.7 Å². The van der Waals surface area contributed by atoms with Gasteiger partial charge in [-0.1, -0.05) is 30.3 Å². The predicted octanol–water partition coefficient (Wildman–Crippen LogP) is 4.37. The summed E-state index contributed by atoms with van der Waals surface area (Å²) in [6.45, 7) is 1.70. The Morgan fingerprint density at radius 3 is 2.52 bits per heavy atom. The third-order valence-corrected chi connectivity index (χ3v) is 4.38. The molecule has 0 spiro atoms. The lowest BCUT2D eigenvalue weighted by molar-refractivity contribution is -0.126. The van der Waals surface area contributed by atoms with E-state index in [4.69, 9.17) is 14.7 Å². The number of nitriles is 1. The van der Waals surface area contributed by atoms with Crippen molar-refractivity contribution in [1.82, 2.24) is 4.98 Å². The monoisotopic (exact) mass is 415 g/mol. The van der Waals surface area contributed by atoms with Crippen molar-refractivity contribution >= 4 is 17.6 Å². The van der Waals surface area contributed by atoms with Gasteiger partial charge in [-0.15, -0.1) is 0 Å². The van der Waals surface area contributed by atoms with Crippen LogP contribution in [0.1, 0.15) is 23.7 Å². The van der Waals surface area contributed by atoms with E-state index in [9.17, 15) is 9.59 Å². The third-order valence-electron chi connectivity index (χ3n) is 4.38. The molecule has 0 bridgehead atoms. The van der Waals surface area contributed by atoms with Crippen molar-refractivity contribution < 1.29 is 19.1 Å². The first-order valence-corrected chi connectivity index (χ1v) is 9.71. The number of carbonyl (C=O) groups excluding carboxylic acids is 2. The average molecular weight is 415 g/mol. The molecule has 3 aromatic rings. The molecule has 31 heavy (non-hydrogen) atoms. The molecule has 7 heteroatoms. The van der Waals surface area contributed by atoms with Crippen LogP contribution in [0, 0.1) is 11.3 Å². The van der Waals surface area contributed by atoms with Crippen LogP contribution in [0.3, 0.4) is 0 Å². The van der Waals surface area contributed by atoms with Gasteiger partial charge in [-0.2, -0.15) is 5.26 Å². The summed E-state index contributed by atoms with van der Waals surface area (Å²) >= 11 is 0. The fourth-order valence-corrected chi connectivity index (χ4v) is 2.89. The second-order valence-electron chi connectivity index (χ2n) is 6.57. The summed E-state index contributed by atoms with van der Waals surface area (Å²) < 4.78 is 11.2. The number of para-hydroxylation sites is 2. The largest absolute Gasteiger partial charge is 0.455 e. The van der Waals surface area contributed by atoms with Crippen LogP contribution in [-0.4, -0.2) is 29.5 Å². The number of ether oxygens (including phenoxy) is 2. The Hall–Kier alpha value is -4.18. The molecule has 2 aromatic carbocycles. The molecule has 156 valence electrons. The van der Waals surface area contributed by atoms with E-state index in [0.29, 0.717) is 17.2 Å². The number of amides is 1. The van der Waals surface area contributed by atoms with E-state index in [1.807, 2.05) is 12.1 Å². The third kappa shape index (κ3) is 5.67. The van der Waals surface area contributed by atoms with Gasteiger partial charge in [0.15, 0.2) is 6.10 Å². The molecule has 7 nitrogen and oxygen atoms in total. The standard InChI is InChI=1S/C24H21N3O4/c1-18(23(28)27(16-8-14-25)19-9-3-2-4-10-19)30-24(29)21-12-5-6-13-22(21)31-20-11-7-15-26-17-20/h2-7,9-13,15,17-18H,8,16H2,1H3. The molecule has 1 unspecified atom stereocenters. The first kappa shape index (κ1) is 21.5. The lowest BCUT2D eigenvalue weighted by atomic mass is 10.2. The SMILES string of the molecule is CC(OC(=O)c1ccccc1Oc1cccnc1)C(=O)N(CCC#N)c1ccccc1. The van der Waals surface area contributed by atoms with Crippen molar-refractivity contribution in [3.05, 3.63) is 84.7 Å². The molecule has 0 saturated carbocycles. The van der Waals surface area contributed by atoms with Crippen molar-refractivity contribution in [2.45, 2.75) is 19.4 Å². The Bertz CT molecular complexity index is 1060. The number of hydrogen-bond acceptors (Lipinski definition) is 6. The van der Waals surface area contributed by atoms with E-state index in [1.165, 1.54) is 18.0 Å². The van der Waals surface area contributed by atoms with E-state index >= 15 is 0 Å². The second-order valence-corrected chi connectivity index (χ2v) is 6.57. The molecule has 0 aliphatic carbocycles. The molecule has 0 N–H and O–H groups in total. The lowest BCUT2D eigenvalue weighted by Gasteiger charge is -2.25. The van der Waals surface area contributed by atoms with Crippen LogP contribution in [-0.2, 0) is 9.53 Å². The van der Waals surface area contributed by atoms with Gasteiger partial charge in [0.2, 0.25) is 0 Å². The topological polar surface area (TPSA) is 92.5 Å². The van der Waals surface area contributed by atoms with Crippen LogP contribution < -0.4 is 9.64 Å². The van der Waals surface area contributed by atoms with Crippen LogP contribution >= 0.6 is 0 Å². The number of aromatic nitrogens is 1. The second kappa shape index (κ2) is 10.6. The number of rotatable bonds is 8. The van der Waals surface area contributed by atoms with Crippen LogP contribution in [0.25, 0.3) is 0 Å². The van der Waals surface area contributed by atoms with Crippen LogP contribution in [0.4, 0.5) is 5.69 Å². The summed E-state index contributed by atoms with van der Waals surface area (Å²) in [5, 5.41) is 8.94. The molecule has 0 fully saturated rings. The summed E-state index contributed by atoms with van der Waals surface area (Å²) in [5.41, 5.74) is 0.820. The van der Waals surface area contributed by atoms with Crippen molar-refractivity contribution in [2.75, 3.05) is 11.4 Å². The predicted molar refractivity (Wildman–Crippen MR) is 115 cm³/mol. The van der Waals surface area contributed by atoms with Gasteiger partial charge in [0, 0.05) is 18.4 Å². The number of hydrogen-bond donors (Lipinski definition) is 0. The highest BCUT2D eigenvalue weighted by molar-refractivity contribution is 5.99. The number of nitrogens with zero attached hydrogens (tertiary/aromatic N) is 3. The minimum absolute atomic E-state index is 0.156. The highest BCUT2D eigenvalue weighted by Gasteiger charge is 2.26. The lowest BCUT2D eigenvalue weighted by Crippen LogP contribution is -2.40. The fraction of sp³-hybridized carbons (Fsp3) is 0.167. The zero-order valence-corrected chi connectivity index (χ0v) is 17.0. The number of carbonyl (C=O) groups is 2. The van der Waals surface area contributed by atoms with Crippen LogP contribution in [0.15, 0.2) is 79.1 Å². The average Bonchev–Trinajstić information content (AvgIpc) is 2.81. The molecule has 1 aromatic heterocycles. The molecule has 3 rings (SSSR count). The van der Waals surface area contributed by atoms with Crippen LogP contribution in [0.2, 0.25) is 0 Å². The fourth-order valence-electron chi connectivity index (χ4n) is 2.89. The Labute approximate surface area is 180 Å². The Morgan fingerprint density at radius 2 is 1.81 bits per heavy atom. The van der Waals surface area contributed by atoms with E-state index in [1.54, 1.807) is 66.9 Å². The van der Waals surface area contributed by atoms with Gasteiger partial charge >= 0.3 is 5.97 Å². The number of pyridine rings is 1. The van der Waals surface area contributed by atoms with Crippen molar-refractivity contribution in [3.63, 3.8) is 0 Å². The summed E-state index contributed by atoms with van der Waals surface area (Å²) in [6, 6.07) is 21.0. The minimum atomic E-state index is -1.06. The van der Waals surface area contributed by atoms with E-state index < -0.39 is 18.0 Å². The Balaban J connectivity index is 1.75. The Morgan fingerprint density at radius 1 is 1.06 bits per heavy atom. The first-order chi connectivity index (χ1) is 15.1. The minimum Gasteiger partial charge on any atom is -0.455 e. The summed E-state index contributed by atoms with van der Waals surface area (Å²) in [7, 11) is 0. The quantitative estimate of drug-likeness (QED) is 0.508. The molecular formula is C24H21N3O4. The maximum atomic E-state index is 13.0. The number of anilines is 1. The zero-order chi connectivity index (χ0) is 22.1.